The number of anilines is 2. The zero-order valence-electron chi connectivity index (χ0n) is 14.5. The second-order valence-electron chi connectivity index (χ2n) is 6.44. The van der Waals surface area contributed by atoms with Gasteiger partial charge < -0.3 is 10.2 Å². The maximum atomic E-state index is 14.0. The first-order chi connectivity index (χ1) is 12.5. The van der Waals surface area contributed by atoms with Crippen LogP contribution in [-0.4, -0.2) is 23.9 Å². The number of benzene rings is 2. The van der Waals surface area contributed by atoms with E-state index in [9.17, 15) is 19.3 Å². The van der Waals surface area contributed by atoms with Crippen molar-refractivity contribution in [2.45, 2.75) is 26.2 Å². The number of carbonyl (C=O) groups is 1. The van der Waals surface area contributed by atoms with Crippen molar-refractivity contribution in [1.82, 2.24) is 0 Å². The van der Waals surface area contributed by atoms with Gasteiger partial charge in [0.1, 0.15) is 5.82 Å². The average molecular weight is 357 g/mol. The average Bonchev–Trinajstić information content (AvgIpc) is 2.65. The van der Waals surface area contributed by atoms with E-state index in [0.717, 1.165) is 37.9 Å². The molecule has 0 spiro atoms. The van der Waals surface area contributed by atoms with Crippen molar-refractivity contribution >= 4 is 23.0 Å². The van der Waals surface area contributed by atoms with Gasteiger partial charge in [0, 0.05) is 25.2 Å². The SMILES string of the molecule is Cc1ccc(F)c(NC(=O)c2cc([N+](=O)[O-])ccc2N2CCCCC2)c1. The Bertz CT molecular complexity index is 848. The number of piperidine rings is 1. The summed E-state index contributed by atoms with van der Waals surface area (Å²) < 4.78 is 14.0. The molecule has 0 bridgehead atoms. The molecule has 0 saturated carbocycles. The zero-order valence-corrected chi connectivity index (χ0v) is 14.5. The van der Waals surface area contributed by atoms with E-state index in [2.05, 4.69) is 10.2 Å². The summed E-state index contributed by atoms with van der Waals surface area (Å²) in [6.45, 7) is 3.37. The van der Waals surface area contributed by atoms with Gasteiger partial charge in [-0.05, 0) is 49.9 Å². The van der Waals surface area contributed by atoms with Gasteiger partial charge in [-0.15, -0.1) is 0 Å². The normalized spacial score (nSPS) is 14.2. The van der Waals surface area contributed by atoms with Gasteiger partial charge in [0.15, 0.2) is 0 Å². The van der Waals surface area contributed by atoms with Gasteiger partial charge in [-0.2, -0.15) is 0 Å². The van der Waals surface area contributed by atoms with Crippen molar-refractivity contribution in [3.05, 3.63) is 63.5 Å². The Morgan fingerprint density at radius 2 is 1.88 bits per heavy atom. The molecular formula is C19H20FN3O3. The molecule has 7 heteroatoms. The molecule has 1 aliphatic heterocycles. The fraction of sp³-hybridized carbons (Fsp3) is 0.316. The highest BCUT2D eigenvalue weighted by atomic mass is 19.1. The van der Waals surface area contributed by atoms with Crippen LogP contribution in [0.15, 0.2) is 36.4 Å². The Balaban J connectivity index is 1.97. The standard InChI is InChI=1S/C19H20FN3O3/c1-13-5-7-16(20)17(11-13)21-19(24)15-12-14(23(25)26)6-8-18(15)22-9-3-2-4-10-22/h5-8,11-12H,2-4,9-10H2,1H3,(H,21,24). The summed E-state index contributed by atoms with van der Waals surface area (Å²) in [7, 11) is 0. The van der Waals surface area contributed by atoms with Crippen LogP contribution in [0.25, 0.3) is 0 Å². The molecule has 0 aromatic heterocycles. The molecule has 0 atom stereocenters. The molecule has 1 N–H and O–H groups in total. The quantitative estimate of drug-likeness (QED) is 0.654. The number of halogens is 1. The van der Waals surface area contributed by atoms with E-state index in [0.29, 0.717) is 5.69 Å². The minimum atomic E-state index is -0.557. The number of nitrogens with one attached hydrogen (secondary N) is 1. The van der Waals surface area contributed by atoms with Crippen molar-refractivity contribution in [2.75, 3.05) is 23.3 Å². The Hall–Kier alpha value is -2.96. The number of rotatable bonds is 4. The molecule has 2 aromatic carbocycles. The molecule has 3 rings (SSSR count). The van der Waals surface area contributed by atoms with Gasteiger partial charge in [-0.1, -0.05) is 6.07 Å². The Kier molecular flexibility index (Phi) is 5.16. The lowest BCUT2D eigenvalue weighted by Gasteiger charge is -2.30. The van der Waals surface area contributed by atoms with Crippen LogP contribution in [-0.2, 0) is 0 Å². The lowest BCUT2D eigenvalue weighted by Crippen LogP contribution is -2.31. The highest BCUT2D eigenvalue weighted by Crippen LogP contribution is 2.29. The molecule has 136 valence electrons. The van der Waals surface area contributed by atoms with E-state index in [1.807, 2.05) is 0 Å². The number of aryl methyl sites for hydroxylation is 1. The molecule has 0 radical (unpaired) electrons. The van der Waals surface area contributed by atoms with E-state index < -0.39 is 16.6 Å². The third kappa shape index (κ3) is 3.82. The molecule has 2 aromatic rings. The summed E-state index contributed by atoms with van der Waals surface area (Å²) in [5, 5.41) is 13.7. The van der Waals surface area contributed by atoms with Crippen molar-refractivity contribution in [3.63, 3.8) is 0 Å². The number of non-ortho nitro benzene ring substituents is 1. The summed E-state index contributed by atoms with van der Waals surface area (Å²) in [6.07, 6.45) is 3.13. The van der Waals surface area contributed by atoms with E-state index >= 15 is 0 Å². The molecule has 0 unspecified atom stereocenters. The fourth-order valence-electron chi connectivity index (χ4n) is 3.15. The van der Waals surface area contributed by atoms with Crippen molar-refractivity contribution in [2.24, 2.45) is 0 Å². The van der Waals surface area contributed by atoms with Gasteiger partial charge in [0.2, 0.25) is 0 Å². The number of amides is 1. The van der Waals surface area contributed by atoms with Crippen LogP contribution >= 0.6 is 0 Å². The molecule has 1 saturated heterocycles. The number of nitro benzene ring substituents is 1. The summed E-state index contributed by atoms with van der Waals surface area (Å²) in [5.74, 6) is -1.10. The first kappa shape index (κ1) is 17.8. The van der Waals surface area contributed by atoms with Gasteiger partial charge in [-0.3, -0.25) is 14.9 Å². The first-order valence-corrected chi connectivity index (χ1v) is 8.56. The summed E-state index contributed by atoms with van der Waals surface area (Å²) >= 11 is 0. The van der Waals surface area contributed by atoms with Crippen LogP contribution in [0.2, 0.25) is 0 Å². The van der Waals surface area contributed by atoms with E-state index in [1.165, 1.54) is 24.3 Å². The maximum Gasteiger partial charge on any atom is 0.270 e. The molecular weight excluding hydrogens is 337 g/mol. The second-order valence-corrected chi connectivity index (χ2v) is 6.44. The lowest BCUT2D eigenvalue weighted by atomic mass is 10.1. The van der Waals surface area contributed by atoms with Crippen LogP contribution in [0.5, 0.6) is 0 Å². The third-order valence-corrected chi connectivity index (χ3v) is 4.50. The van der Waals surface area contributed by atoms with Gasteiger partial charge in [0.05, 0.1) is 21.9 Å². The molecule has 26 heavy (non-hydrogen) atoms. The summed E-state index contributed by atoms with van der Waals surface area (Å²) in [4.78, 5) is 25.4. The van der Waals surface area contributed by atoms with Crippen LogP contribution in [0.1, 0.15) is 35.2 Å². The smallest absolute Gasteiger partial charge is 0.270 e. The lowest BCUT2D eigenvalue weighted by molar-refractivity contribution is -0.384. The van der Waals surface area contributed by atoms with E-state index in [1.54, 1.807) is 19.1 Å². The van der Waals surface area contributed by atoms with Crippen molar-refractivity contribution < 1.29 is 14.1 Å². The highest BCUT2D eigenvalue weighted by Gasteiger charge is 2.22. The van der Waals surface area contributed by atoms with Crippen LogP contribution in [0.3, 0.4) is 0 Å². The largest absolute Gasteiger partial charge is 0.371 e. The Morgan fingerprint density at radius 3 is 2.58 bits per heavy atom. The number of hydrogen-bond donors (Lipinski definition) is 1. The number of carbonyl (C=O) groups excluding carboxylic acids is 1. The summed E-state index contributed by atoms with van der Waals surface area (Å²) in [5.41, 5.74) is 1.52. The van der Waals surface area contributed by atoms with Crippen molar-refractivity contribution in [3.8, 4) is 0 Å². The zero-order chi connectivity index (χ0) is 18.7. The maximum absolute atomic E-state index is 14.0. The van der Waals surface area contributed by atoms with Crippen LogP contribution in [0.4, 0.5) is 21.5 Å². The summed E-state index contributed by atoms with van der Waals surface area (Å²) in [6, 6.07) is 8.68. The molecule has 1 aliphatic rings. The van der Waals surface area contributed by atoms with Crippen LogP contribution < -0.4 is 10.2 Å². The minimum absolute atomic E-state index is 0.0612. The molecule has 1 heterocycles. The van der Waals surface area contributed by atoms with E-state index in [4.69, 9.17) is 0 Å². The molecule has 0 aliphatic carbocycles. The minimum Gasteiger partial charge on any atom is -0.371 e. The third-order valence-electron chi connectivity index (χ3n) is 4.50. The molecule has 1 fully saturated rings. The number of hydrogen-bond acceptors (Lipinski definition) is 4. The fourth-order valence-corrected chi connectivity index (χ4v) is 3.15. The van der Waals surface area contributed by atoms with Crippen LogP contribution in [0, 0.1) is 22.9 Å². The van der Waals surface area contributed by atoms with Gasteiger partial charge in [-0.25, -0.2) is 4.39 Å². The van der Waals surface area contributed by atoms with Crippen molar-refractivity contribution in [1.29, 1.82) is 0 Å². The van der Waals surface area contributed by atoms with Gasteiger partial charge >= 0.3 is 0 Å². The Morgan fingerprint density at radius 1 is 1.15 bits per heavy atom. The number of nitrogens with zero attached hydrogens (tertiary/aromatic N) is 2. The topological polar surface area (TPSA) is 75.5 Å². The number of nitro groups is 1. The van der Waals surface area contributed by atoms with E-state index in [-0.39, 0.29) is 16.9 Å². The van der Waals surface area contributed by atoms with Gasteiger partial charge in [0.25, 0.3) is 11.6 Å². The predicted octanol–water partition coefficient (Wildman–Crippen LogP) is 4.28. The monoisotopic (exact) mass is 357 g/mol. The second kappa shape index (κ2) is 7.51. The molecule has 6 nitrogen and oxygen atoms in total. The Labute approximate surface area is 150 Å². The molecule has 1 amide bonds. The first-order valence-electron chi connectivity index (χ1n) is 8.56. The predicted molar refractivity (Wildman–Crippen MR) is 98.3 cm³/mol. The highest BCUT2D eigenvalue weighted by molar-refractivity contribution is 6.08.